The van der Waals surface area contributed by atoms with E-state index >= 15 is 0 Å². The van der Waals surface area contributed by atoms with Gasteiger partial charge < -0.3 is 0 Å². The molecular weight excluding hydrogens is 238 g/mol. The first-order valence-corrected chi connectivity index (χ1v) is 6.09. The molecular formula is C14H14N5+. The molecule has 0 spiro atoms. The van der Waals surface area contributed by atoms with E-state index in [1.165, 1.54) is 0 Å². The van der Waals surface area contributed by atoms with Gasteiger partial charge in [-0.2, -0.15) is 5.10 Å². The minimum Gasteiger partial charge on any atom is -0.264 e. The van der Waals surface area contributed by atoms with Crippen LogP contribution in [-0.4, -0.2) is 20.1 Å². The predicted molar refractivity (Wildman–Crippen MR) is 69.7 cm³/mol. The van der Waals surface area contributed by atoms with Crippen molar-refractivity contribution in [3.05, 3.63) is 66.3 Å². The second kappa shape index (κ2) is 4.97. The predicted octanol–water partition coefficient (Wildman–Crippen LogP) is 1.38. The minimum atomic E-state index is 0.697. The summed E-state index contributed by atoms with van der Waals surface area (Å²) in [5, 5.41) is 3.19. The van der Waals surface area contributed by atoms with Crippen molar-refractivity contribution < 1.29 is 4.68 Å². The van der Waals surface area contributed by atoms with Gasteiger partial charge in [0.2, 0.25) is 6.20 Å². The van der Waals surface area contributed by atoms with Gasteiger partial charge in [0.05, 0.1) is 5.69 Å². The van der Waals surface area contributed by atoms with E-state index < -0.39 is 0 Å². The maximum absolute atomic E-state index is 4.38. The number of aromatic nitrogens is 5. The monoisotopic (exact) mass is 252 g/mol. The summed E-state index contributed by atoms with van der Waals surface area (Å²) in [6.07, 6.45) is 9.87. The van der Waals surface area contributed by atoms with Gasteiger partial charge in [-0.1, -0.05) is 10.7 Å². The number of pyridine rings is 1. The van der Waals surface area contributed by atoms with Crippen molar-refractivity contribution in [2.45, 2.75) is 13.3 Å². The van der Waals surface area contributed by atoms with Crippen molar-refractivity contribution in [3.63, 3.8) is 0 Å². The molecule has 0 radical (unpaired) electrons. The molecule has 0 bridgehead atoms. The highest BCUT2D eigenvalue weighted by molar-refractivity contribution is 5.17. The molecule has 0 aliphatic heterocycles. The third-order valence-corrected chi connectivity index (χ3v) is 2.83. The van der Waals surface area contributed by atoms with Crippen LogP contribution in [0.2, 0.25) is 0 Å². The number of hydrogen-bond acceptors (Lipinski definition) is 3. The van der Waals surface area contributed by atoms with Crippen molar-refractivity contribution in [1.29, 1.82) is 0 Å². The fourth-order valence-electron chi connectivity index (χ4n) is 1.85. The SMILES string of the molecule is Cc1cc[n+](-c2cnc(Cc3cccnc3)nc2)[nH]1. The van der Waals surface area contributed by atoms with E-state index in [4.69, 9.17) is 0 Å². The van der Waals surface area contributed by atoms with Gasteiger partial charge in [0.15, 0.2) is 0 Å². The van der Waals surface area contributed by atoms with Crippen LogP contribution in [-0.2, 0) is 6.42 Å². The highest BCUT2D eigenvalue weighted by atomic mass is 15.3. The molecule has 1 N–H and O–H groups in total. The zero-order valence-electron chi connectivity index (χ0n) is 10.6. The fraction of sp³-hybridized carbons (Fsp3) is 0.143. The zero-order chi connectivity index (χ0) is 13.1. The van der Waals surface area contributed by atoms with Gasteiger partial charge in [-0.3, -0.25) is 4.98 Å². The Labute approximate surface area is 111 Å². The van der Waals surface area contributed by atoms with Crippen LogP contribution in [0.25, 0.3) is 5.69 Å². The molecule has 0 amide bonds. The Hall–Kier alpha value is -2.56. The van der Waals surface area contributed by atoms with Gasteiger partial charge >= 0.3 is 0 Å². The van der Waals surface area contributed by atoms with Crippen molar-refractivity contribution in [1.82, 2.24) is 20.1 Å². The molecule has 3 rings (SSSR count). The quantitative estimate of drug-likeness (QED) is 0.716. The lowest BCUT2D eigenvalue weighted by Crippen LogP contribution is -2.32. The highest BCUT2D eigenvalue weighted by Gasteiger charge is 2.09. The second-order valence-electron chi connectivity index (χ2n) is 4.38. The fourth-order valence-corrected chi connectivity index (χ4v) is 1.85. The van der Waals surface area contributed by atoms with Gasteiger partial charge in [-0.05, 0) is 18.6 Å². The molecule has 0 aliphatic rings. The van der Waals surface area contributed by atoms with Gasteiger partial charge in [-0.25, -0.2) is 9.97 Å². The topological polar surface area (TPSA) is 58.3 Å². The lowest BCUT2D eigenvalue weighted by Gasteiger charge is -1.99. The summed E-state index contributed by atoms with van der Waals surface area (Å²) >= 11 is 0. The molecule has 5 nitrogen and oxygen atoms in total. The molecule has 3 aromatic heterocycles. The number of nitrogens with one attached hydrogen (secondary N) is 1. The van der Waals surface area contributed by atoms with Crippen molar-refractivity contribution in [3.8, 4) is 5.69 Å². The number of H-pyrrole nitrogens is 1. The Morgan fingerprint density at radius 1 is 1.16 bits per heavy atom. The molecule has 19 heavy (non-hydrogen) atoms. The molecule has 3 aromatic rings. The first-order valence-electron chi connectivity index (χ1n) is 6.09. The van der Waals surface area contributed by atoms with Crippen molar-refractivity contribution in [2.24, 2.45) is 0 Å². The molecule has 0 aliphatic carbocycles. The van der Waals surface area contributed by atoms with Crippen molar-refractivity contribution >= 4 is 0 Å². The molecule has 0 atom stereocenters. The molecule has 0 aromatic carbocycles. The second-order valence-corrected chi connectivity index (χ2v) is 4.38. The molecule has 0 unspecified atom stereocenters. The summed E-state index contributed by atoms with van der Waals surface area (Å²) in [5.74, 6) is 0.792. The van der Waals surface area contributed by atoms with Crippen LogP contribution < -0.4 is 4.68 Å². The molecule has 0 fully saturated rings. The van der Waals surface area contributed by atoms with E-state index in [0.29, 0.717) is 6.42 Å². The van der Waals surface area contributed by atoms with E-state index in [1.54, 1.807) is 6.20 Å². The van der Waals surface area contributed by atoms with E-state index in [9.17, 15) is 0 Å². The zero-order valence-corrected chi connectivity index (χ0v) is 10.6. The average molecular weight is 252 g/mol. The van der Waals surface area contributed by atoms with Crippen LogP contribution in [0.5, 0.6) is 0 Å². The summed E-state index contributed by atoms with van der Waals surface area (Å²) in [4.78, 5) is 12.8. The Morgan fingerprint density at radius 2 is 2.00 bits per heavy atom. The summed E-state index contributed by atoms with van der Waals surface area (Å²) in [6.45, 7) is 2.01. The Bertz CT molecular complexity index is 658. The first-order chi connectivity index (χ1) is 9.31. The molecule has 3 heterocycles. The van der Waals surface area contributed by atoms with Gasteiger partial charge in [0, 0.05) is 24.9 Å². The largest absolute Gasteiger partial charge is 0.271 e. The van der Waals surface area contributed by atoms with E-state index in [0.717, 1.165) is 22.8 Å². The minimum absolute atomic E-state index is 0.697. The van der Waals surface area contributed by atoms with Crippen LogP contribution in [0.15, 0.2) is 49.2 Å². The number of nitrogens with zero attached hydrogens (tertiary/aromatic N) is 4. The van der Waals surface area contributed by atoms with Crippen LogP contribution in [0.1, 0.15) is 17.1 Å². The maximum atomic E-state index is 4.38. The summed E-state index contributed by atoms with van der Waals surface area (Å²) in [7, 11) is 0. The third-order valence-electron chi connectivity index (χ3n) is 2.83. The lowest BCUT2D eigenvalue weighted by molar-refractivity contribution is -0.656. The Kier molecular flexibility index (Phi) is 3.02. The molecule has 5 heteroatoms. The Morgan fingerprint density at radius 3 is 2.63 bits per heavy atom. The average Bonchev–Trinajstić information content (AvgIpc) is 2.87. The van der Waals surface area contributed by atoms with Crippen LogP contribution >= 0.6 is 0 Å². The standard InChI is InChI=1S/C14H13N5/c1-11-4-6-19(18-11)13-9-16-14(17-10-13)7-12-3-2-5-15-8-12/h2-6,8-10H,7H2,1H3/p+1. The van der Waals surface area contributed by atoms with E-state index in [1.807, 2.05) is 54.6 Å². The number of aromatic amines is 1. The normalized spacial score (nSPS) is 10.6. The Balaban J connectivity index is 1.79. The molecule has 94 valence electrons. The third kappa shape index (κ3) is 2.65. The van der Waals surface area contributed by atoms with Crippen LogP contribution in [0, 0.1) is 6.92 Å². The van der Waals surface area contributed by atoms with Gasteiger partial charge in [0.25, 0.3) is 5.69 Å². The van der Waals surface area contributed by atoms with Gasteiger partial charge in [-0.15, -0.1) is 0 Å². The summed E-state index contributed by atoms with van der Waals surface area (Å²) in [6, 6.07) is 5.94. The molecule has 0 saturated heterocycles. The smallest absolute Gasteiger partial charge is 0.264 e. The first kappa shape index (κ1) is 11.5. The van der Waals surface area contributed by atoms with Crippen LogP contribution in [0.3, 0.4) is 0 Å². The van der Waals surface area contributed by atoms with Crippen LogP contribution in [0.4, 0.5) is 0 Å². The summed E-state index contributed by atoms with van der Waals surface area (Å²) in [5.41, 5.74) is 3.13. The maximum Gasteiger partial charge on any atom is 0.271 e. The van der Waals surface area contributed by atoms with E-state index in [-0.39, 0.29) is 0 Å². The van der Waals surface area contributed by atoms with Crippen molar-refractivity contribution in [2.75, 3.05) is 0 Å². The highest BCUT2D eigenvalue weighted by Crippen LogP contribution is 2.04. The lowest BCUT2D eigenvalue weighted by atomic mass is 10.2. The number of aryl methyl sites for hydroxylation is 1. The number of rotatable bonds is 3. The van der Waals surface area contributed by atoms with E-state index in [2.05, 4.69) is 20.1 Å². The molecule has 0 saturated carbocycles. The van der Waals surface area contributed by atoms with Gasteiger partial charge in [0.1, 0.15) is 18.2 Å². The summed E-state index contributed by atoms with van der Waals surface area (Å²) < 4.78 is 1.89. The number of hydrogen-bond donors (Lipinski definition) is 1.